The molecular formula is C16H26. The highest BCUT2D eigenvalue weighted by Crippen LogP contribution is 2.29. The van der Waals surface area contributed by atoms with E-state index in [1.165, 1.54) is 31.2 Å². The van der Waals surface area contributed by atoms with Crippen LogP contribution < -0.4 is 0 Å². The normalized spacial score (nSPS) is 13.1. The van der Waals surface area contributed by atoms with Crippen molar-refractivity contribution in [2.45, 2.75) is 65.2 Å². The SMILES string of the molecule is CCCCCC(C)c1ccccc1C(C)C. The molecule has 0 aromatic heterocycles. The van der Waals surface area contributed by atoms with Gasteiger partial charge in [-0.3, -0.25) is 0 Å². The summed E-state index contributed by atoms with van der Waals surface area (Å²) in [6, 6.07) is 8.94. The Morgan fingerprint density at radius 2 is 1.56 bits per heavy atom. The molecule has 1 atom stereocenters. The van der Waals surface area contributed by atoms with Crippen LogP contribution in [0.3, 0.4) is 0 Å². The lowest BCUT2D eigenvalue weighted by molar-refractivity contribution is 0.592. The van der Waals surface area contributed by atoms with Gasteiger partial charge in [0.1, 0.15) is 0 Å². The molecule has 0 spiro atoms. The van der Waals surface area contributed by atoms with Gasteiger partial charge in [-0.25, -0.2) is 0 Å². The molecule has 0 heteroatoms. The number of hydrogen-bond acceptors (Lipinski definition) is 0. The van der Waals surface area contributed by atoms with Crippen LogP contribution >= 0.6 is 0 Å². The van der Waals surface area contributed by atoms with Crippen LogP contribution in [0.25, 0.3) is 0 Å². The summed E-state index contributed by atoms with van der Waals surface area (Å²) in [5.41, 5.74) is 3.10. The first-order valence-electron chi connectivity index (χ1n) is 6.75. The van der Waals surface area contributed by atoms with Crippen LogP contribution in [0, 0.1) is 0 Å². The molecular weight excluding hydrogens is 192 g/mol. The summed E-state index contributed by atoms with van der Waals surface area (Å²) in [4.78, 5) is 0. The number of rotatable bonds is 6. The highest BCUT2D eigenvalue weighted by Gasteiger charge is 2.11. The summed E-state index contributed by atoms with van der Waals surface area (Å²) in [6.45, 7) is 9.22. The van der Waals surface area contributed by atoms with E-state index in [-0.39, 0.29) is 0 Å². The summed E-state index contributed by atoms with van der Waals surface area (Å²) in [5, 5.41) is 0. The van der Waals surface area contributed by atoms with Gasteiger partial charge in [-0.1, -0.05) is 71.2 Å². The zero-order valence-corrected chi connectivity index (χ0v) is 11.3. The van der Waals surface area contributed by atoms with E-state index in [0.29, 0.717) is 11.8 Å². The van der Waals surface area contributed by atoms with Crippen molar-refractivity contribution in [3.05, 3.63) is 35.4 Å². The molecule has 16 heavy (non-hydrogen) atoms. The van der Waals surface area contributed by atoms with E-state index in [1.807, 2.05) is 0 Å². The molecule has 0 N–H and O–H groups in total. The molecule has 0 aliphatic rings. The van der Waals surface area contributed by atoms with Crippen molar-refractivity contribution in [3.63, 3.8) is 0 Å². The summed E-state index contributed by atoms with van der Waals surface area (Å²) in [6.07, 6.45) is 5.38. The maximum absolute atomic E-state index is 2.37. The van der Waals surface area contributed by atoms with Gasteiger partial charge in [-0.15, -0.1) is 0 Å². The monoisotopic (exact) mass is 218 g/mol. The number of benzene rings is 1. The van der Waals surface area contributed by atoms with Crippen molar-refractivity contribution >= 4 is 0 Å². The van der Waals surface area contributed by atoms with Crippen LogP contribution in [0.4, 0.5) is 0 Å². The molecule has 0 nitrogen and oxygen atoms in total. The fourth-order valence-corrected chi connectivity index (χ4v) is 2.34. The van der Waals surface area contributed by atoms with E-state index < -0.39 is 0 Å². The summed E-state index contributed by atoms with van der Waals surface area (Å²) in [7, 11) is 0. The molecule has 1 rings (SSSR count). The van der Waals surface area contributed by atoms with Gasteiger partial charge < -0.3 is 0 Å². The molecule has 1 aromatic carbocycles. The predicted molar refractivity (Wildman–Crippen MR) is 73.1 cm³/mol. The summed E-state index contributed by atoms with van der Waals surface area (Å²) in [5.74, 6) is 1.36. The Morgan fingerprint density at radius 1 is 0.938 bits per heavy atom. The second-order valence-corrected chi connectivity index (χ2v) is 5.18. The molecule has 90 valence electrons. The maximum Gasteiger partial charge on any atom is -0.0188 e. The van der Waals surface area contributed by atoms with E-state index >= 15 is 0 Å². The van der Waals surface area contributed by atoms with E-state index in [0.717, 1.165) is 0 Å². The van der Waals surface area contributed by atoms with Crippen molar-refractivity contribution < 1.29 is 0 Å². The molecule has 1 aromatic rings. The lowest BCUT2D eigenvalue weighted by Crippen LogP contribution is -2.01. The fourth-order valence-electron chi connectivity index (χ4n) is 2.34. The van der Waals surface area contributed by atoms with E-state index in [9.17, 15) is 0 Å². The molecule has 0 heterocycles. The topological polar surface area (TPSA) is 0 Å². The molecule has 0 fully saturated rings. The largest absolute Gasteiger partial charge is 0.0654 e. The maximum atomic E-state index is 2.37. The average Bonchev–Trinajstić information content (AvgIpc) is 2.29. The Balaban J connectivity index is 2.70. The molecule has 0 saturated carbocycles. The van der Waals surface area contributed by atoms with Crippen molar-refractivity contribution in [3.8, 4) is 0 Å². The van der Waals surface area contributed by atoms with Crippen molar-refractivity contribution in [2.24, 2.45) is 0 Å². The van der Waals surface area contributed by atoms with Gasteiger partial charge in [0.05, 0.1) is 0 Å². The Morgan fingerprint density at radius 3 is 2.12 bits per heavy atom. The van der Waals surface area contributed by atoms with Crippen LogP contribution in [-0.4, -0.2) is 0 Å². The van der Waals surface area contributed by atoms with Crippen molar-refractivity contribution in [1.82, 2.24) is 0 Å². The highest BCUT2D eigenvalue weighted by molar-refractivity contribution is 5.32. The van der Waals surface area contributed by atoms with Crippen LogP contribution in [0.5, 0.6) is 0 Å². The predicted octanol–water partition coefficient (Wildman–Crippen LogP) is 5.49. The Labute approximate surface area is 101 Å². The number of unbranched alkanes of at least 4 members (excludes halogenated alkanes) is 2. The molecule has 0 aliphatic carbocycles. The Hall–Kier alpha value is -0.780. The molecule has 0 amide bonds. The molecule has 1 unspecified atom stereocenters. The Kier molecular flexibility index (Phi) is 5.59. The third kappa shape index (κ3) is 3.66. The molecule has 0 saturated heterocycles. The summed E-state index contributed by atoms with van der Waals surface area (Å²) < 4.78 is 0. The first-order chi connectivity index (χ1) is 7.66. The van der Waals surface area contributed by atoms with Gasteiger partial charge in [0, 0.05) is 0 Å². The number of hydrogen-bond donors (Lipinski definition) is 0. The van der Waals surface area contributed by atoms with Gasteiger partial charge in [0.15, 0.2) is 0 Å². The summed E-state index contributed by atoms with van der Waals surface area (Å²) >= 11 is 0. The Bertz CT molecular complexity index is 299. The minimum absolute atomic E-state index is 0.643. The first kappa shape index (κ1) is 13.3. The van der Waals surface area contributed by atoms with Crippen molar-refractivity contribution in [2.75, 3.05) is 0 Å². The zero-order chi connectivity index (χ0) is 12.0. The fraction of sp³-hybridized carbons (Fsp3) is 0.625. The van der Waals surface area contributed by atoms with Gasteiger partial charge in [0.2, 0.25) is 0 Å². The molecule has 0 aliphatic heterocycles. The quantitative estimate of drug-likeness (QED) is 0.553. The van der Waals surface area contributed by atoms with Crippen LogP contribution in [-0.2, 0) is 0 Å². The van der Waals surface area contributed by atoms with E-state index in [2.05, 4.69) is 52.0 Å². The van der Waals surface area contributed by atoms with Crippen molar-refractivity contribution in [1.29, 1.82) is 0 Å². The van der Waals surface area contributed by atoms with Crippen LogP contribution in [0.2, 0.25) is 0 Å². The second kappa shape index (κ2) is 6.73. The highest BCUT2D eigenvalue weighted by atomic mass is 14.2. The average molecular weight is 218 g/mol. The third-order valence-electron chi connectivity index (χ3n) is 3.39. The van der Waals surface area contributed by atoms with Gasteiger partial charge in [0.25, 0.3) is 0 Å². The van der Waals surface area contributed by atoms with Crippen LogP contribution in [0.1, 0.15) is 76.3 Å². The first-order valence-corrected chi connectivity index (χ1v) is 6.75. The second-order valence-electron chi connectivity index (χ2n) is 5.18. The van der Waals surface area contributed by atoms with Gasteiger partial charge in [-0.05, 0) is 29.4 Å². The minimum atomic E-state index is 0.643. The van der Waals surface area contributed by atoms with E-state index in [4.69, 9.17) is 0 Å². The minimum Gasteiger partial charge on any atom is -0.0654 e. The molecule has 0 bridgehead atoms. The van der Waals surface area contributed by atoms with Crippen LogP contribution in [0.15, 0.2) is 24.3 Å². The molecule has 0 radical (unpaired) electrons. The standard InChI is InChI=1S/C16H26/c1-5-6-7-10-14(4)16-12-9-8-11-15(16)13(2)3/h8-9,11-14H,5-7,10H2,1-4H3. The lowest BCUT2D eigenvalue weighted by Gasteiger charge is -2.18. The van der Waals surface area contributed by atoms with E-state index in [1.54, 1.807) is 5.56 Å². The zero-order valence-electron chi connectivity index (χ0n) is 11.3. The third-order valence-corrected chi connectivity index (χ3v) is 3.39. The lowest BCUT2D eigenvalue weighted by atomic mass is 9.87. The van der Waals surface area contributed by atoms with Gasteiger partial charge >= 0.3 is 0 Å². The van der Waals surface area contributed by atoms with Gasteiger partial charge in [-0.2, -0.15) is 0 Å². The smallest absolute Gasteiger partial charge is 0.0188 e.